The molecule has 3 rings (SSSR count). The van der Waals surface area contributed by atoms with Crippen molar-refractivity contribution < 1.29 is 9.90 Å². The Kier molecular flexibility index (Phi) is 5.31. The van der Waals surface area contributed by atoms with Crippen molar-refractivity contribution in [1.82, 2.24) is 0 Å². The van der Waals surface area contributed by atoms with Gasteiger partial charge in [0.2, 0.25) is 0 Å². The summed E-state index contributed by atoms with van der Waals surface area (Å²) in [5.74, 6) is -0.235. The van der Waals surface area contributed by atoms with Gasteiger partial charge in [-0.3, -0.25) is 4.79 Å². The third-order valence-corrected chi connectivity index (χ3v) is 6.57. The number of benzene rings is 2. The molecule has 150 valence electrons. The van der Waals surface area contributed by atoms with E-state index in [1.807, 2.05) is 57.2 Å². The highest BCUT2D eigenvalue weighted by molar-refractivity contribution is 5.88. The molecule has 0 bridgehead atoms. The van der Waals surface area contributed by atoms with Gasteiger partial charge in [-0.1, -0.05) is 102 Å². The number of hydrogen-bond acceptors (Lipinski definition) is 2. The first-order valence-corrected chi connectivity index (χ1v) is 10.3. The van der Waals surface area contributed by atoms with Crippen molar-refractivity contribution in [2.24, 2.45) is 16.7 Å². The van der Waals surface area contributed by atoms with E-state index in [1.54, 1.807) is 0 Å². The molecule has 2 aromatic rings. The van der Waals surface area contributed by atoms with Crippen LogP contribution in [0.2, 0.25) is 0 Å². The Hall–Kier alpha value is -1.93. The molecule has 0 aromatic heterocycles. The van der Waals surface area contributed by atoms with E-state index in [0.717, 1.165) is 5.56 Å². The monoisotopic (exact) mass is 378 g/mol. The maximum atomic E-state index is 13.7. The Labute approximate surface area is 170 Å². The summed E-state index contributed by atoms with van der Waals surface area (Å²) >= 11 is 0. The van der Waals surface area contributed by atoms with Gasteiger partial charge in [-0.25, -0.2) is 0 Å². The van der Waals surface area contributed by atoms with Gasteiger partial charge >= 0.3 is 0 Å². The van der Waals surface area contributed by atoms with Gasteiger partial charge in [-0.15, -0.1) is 0 Å². The summed E-state index contributed by atoms with van der Waals surface area (Å²) in [6, 6.07) is 20.7. The highest BCUT2D eigenvalue weighted by Crippen LogP contribution is 2.61. The van der Waals surface area contributed by atoms with Crippen molar-refractivity contribution in [3.05, 3.63) is 71.8 Å². The fraction of sp³-hybridized carbons (Fsp3) is 0.500. The standard InChI is InChI=1S/C26H34O2/c1-24(2,3)23(27)22-21(19-15-11-8-12-16-19)20(18-13-9-7-10-14-18)17-26(22,28)25(4,5)6/h7-16,20-22,28H,17H2,1-6H3/t20-,21-,22-,26-/m0/s1. The van der Waals surface area contributed by atoms with Crippen LogP contribution < -0.4 is 0 Å². The molecule has 0 spiro atoms. The molecule has 4 atom stereocenters. The number of rotatable bonds is 3. The van der Waals surface area contributed by atoms with Crippen LogP contribution in [0.25, 0.3) is 0 Å². The molecule has 1 aliphatic carbocycles. The lowest BCUT2D eigenvalue weighted by Gasteiger charge is -2.44. The van der Waals surface area contributed by atoms with Crippen LogP contribution in [0.1, 0.15) is 70.9 Å². The Balaban J connectivity index is 2.24. The minimum Gasteiger partial charge on any atom is -0.389 e. The molecule has 1 fully saturated rings. The Bertz CT molecular complexity index is 811. The van der Waals surface area contributed by atoms with Crippen LogP contribution in [0.15, 0.2) is 60.7 Å². The zero-order chi connectivity index (χ0) is 20.7. The largest absolute Gasteiger partial charge is 0.389 e. The molecular weight excluding hydrogens is 344 g/mol. The van der Waals surface area contributed by atoms with Gasteiger partial charge in [-0.05, 0) is 28.9 Å². The maximum absolute atomic E-state index is 13.7. The van der Waals surface area contributed by atoms with Gasteiger partial charge in [-0.2, -0.15) is 0 Å². The molecule has 0 heterocycles. The first-order chi connectivity index (χ1) is 13.0. The number of carbonyl (C=O) groups is 1. The van der Waals surface area contributed by atoms with Gasteiger partial charge in [0.15, 0.2) is 0 Å². The molecular formula is C26H34O2. The van der Waals surface area contributed by atoms with Crippen molar-refractivity contribution >= 4 is 5.78 Å². The van der Waals surface area contributed by atoms with E-state index in [4.69, 9.17) is 0 Å². The lowest BCUT2D eigenvalue weighted by atomic mass is 9.63. The van der Waals surface area contributed by atoms with Crippen LogP contribution in [0.4, 0.5) is 0 Å². The topological polar surface area (TPSA) is 37.3 Å². The minimum atomic E-state index is -1.07. The van der Waals surface area contributed by atoms with Crippen LogP contribution >= 0.6 is 0 Å². The molecule has 2 heteroatoms. The van der Waals surface area contributed by atoms with Crippen molar-refractivity contribution in [3.8, 4) is 0 Å². The van der Waals surface area contributed by atoms with Gasteiger partial charge < -0.3 is 5.11 Å². The van der Waals surface area contributed by atoms with Crippen LogP contribution in [-0.2, 0) is 4.79 Å². The van der Waals surface area contributed by atoms with Gasteiger partial charge in [0.05, 0.1) is 11.5 Å². The normalized spacial score (nSPS) is 28.3. The molecule has 28 heavy (non-hydrogen) atoms. The zero-order valence-corrected chi connectivity index (χ0v) is 18.1. The van der Waals surface area contributed by atoms with Gasteiger partial charge in [0.25, 0.3) is 0 Å². The molecule has 0 aliphatic heterocycles. The van der Waals surface area contributed by atoms with Gasteiger partial charge in [0.1, 0.15) is 5.78 Å². The van der Waals surface area contributed by atoms with Crippen molar-refractivity contribution in [3.63, 3.8) is 0 Å². The van der Waals surface area contributed by atoms with Crippen LogP contribution in [0, 0.1) is 16.7 Å². The van der Waals surface area contributed by atoms with E-state index in [2.05, 4.69) is 45.0 Å². The third kappa shape index (κ3) is 3.55. The number of Topliss-reactive ketones (excluding diaryl/α,β-unsaturated/α-hetero) is 1. The Morgan fingerprint density at radius 2 is 1.32 bits per heavy atom. The van der Waals surface area contributed by atoms with E-state index in [9.17, 15) is 9.90 Å². The van der Waals surface area contributed by atoms with E-state index in [-0.39, 0.29) is 17.6 Å². The second kappa shape index (κ2) is 7.15. The maximum Gasteiger partial charge on any atom is 0.144 e. The summed E-state index contributed by atoms with van der Waals surface area (Å²) in [4.78, 5) is 13.7. The molecule has 0 saturated heterocycles. The average Bonchev–Trinajstić information content (AvgIpc) is 2.96. The number of ketones is 1. The average molecular weight is 379 g/mol. The quantitative estimate of drug-likeness (QED) is 0.715. The molecule has 0 unspecified atom stereocenters. The smallest absolute Gasteiger partial charge is 0.144 e. The minimum absolute atomic E-state index is 0.0421. The Morgan fingerprint density at radius 1 is 0.857 bits per heavy atom. The lowest BCUT2D eigenvalue weighted by molar-refractivity contribution is -0.149. The van der Waals surface area contributed by atoms with Crippen molar-refractivity contribution in [1.29, 1.82) is 0 Å². The molecule has 2 aromatic carbocycles. The van der Waals surface area contributed by atoms with Crippen LogP contribution in [-0.4, -0.2) is 16.5 Å². The summed E-state index contributed by atoms with van der Waals surface area (Å²) in [6.07, 6.45) is 0.590. The fourth-order valence-corrected chi connectivity index (χ4v) is 4.86. The predicted octanol–water partition coefficient (Wildman–Crippen LogP) is 5.97. The highest BCUT2D eigenvalue weighted by atomic mass is 16.3. The summed E-state index contributed by atoms with van der Waals surface area (Å²) in [5, 5.41) is 12.1. The van der Waals surface area contributed by atoms with Crippen LogP contribution in [0.5, 0.6) is 0 Å². The Morgan fingerprint density at radius 3 is 1.75 bits per heavy atom. The number of hydrogen-bond donors (Lipinski definition) is 1. The summed E-state index contributed by atoms with van der Waals surface area (Å²) < 4.78 is 0. The number of aliphatic hydroxyl groups is 1. The van der Waals surface area contributed by atoms with E-state index < -0.39 is 22.3 Å². The zero-order valence-electron chi connectivity index (χ0n) is 18.1. The third-order valence-electron chi connectivity index (χ3n) is 6.57. The molecule has 2 nitrogen and oxygen atoms in total. The lowest BCUT2D eigenvalue weighted by Crippen LogP contribution is -2.52. The molecule has 1 aliphatic rings. The first kappa shape index (κ1) is 20.8. The second-order valence-corrected chi connectivity index (χ2v) is 10.4. The first-order valence-electron chi connectivity index (χ1n) is 10.3. The molecule has 1 N–H and O–H groups in total. The van der Waals surface area contributed by atoms with E-state index >= 15 is 0 Å². The molecule has 0 amide bonds. The SMILES string of the molecule is CC(C)(C)C(=O)[C@@H]1[C@@H](c2ccccc2)[C@H](c2ccccc2)C[C@@]1(O)C(C)(C)C. The molecule has 1 saturated carbocycles. The summed E-state index contributed by atoms with van der Waals surface area (Å²) in [6.45, 7) is 12.1. The highest BCUT2D eigenvalue weighted by Gasteiger charge is 2.62. The van der Waals surface area contributed by atoms with Crippen molar-refractivity contribution in [2.45, 2.75) is 65.4 Å². The van der Waals surface area contributed by atoms with Crippen molar-refractivity contribution in [2.75, 3.05) is 0 Å². The second-order valence-electron chi connectivity index (χ2n) is 10.4. The van der Waals surface area contributed by atoms with E-state index in [0.29, 0.717) is 6.42 Å². The predicted molar refractivity (Wildman–Crippen MR) is 115 cm³/mol. The van der Waals surface area contributed by atoms with Crippen LogP contribution in [0.3, 0.4) is 0 Å². The summed E-state index contributed by atoms with van der Waals surface area (Å²) in [5.41, 5.74) is 0.345. The van der Waals surface area contributed by atoms with E-state index in [1.165, 1.54) is 5.56 Å². The fourth-order valence-electron chi connectivity index (χ4n) is 4.86. The number of carbonyl (C=O) groups excluding carboxylic acids is 1. The summed E-state index contributed by atoms with van der Waals surface area (Å²) in [7, 11) is 0. The van der Waals surface area contributed by atoms with Gasteiger partial charge in [0, 0.05) is 11.3 Å². The molecule has 0 radical (unpaired) electrons.